The summed E-state index contributed by atoms with van der Waals surface area (Å²) in [5.74, 6) is 0. The van der Waals surface area contributed by atoms with Gasteiger partial charge in [0, 0.05) is 26.0 Å². The van der Waals surface area contributed by atoms with Crippen LogP contribution in [0.4, 0.5) is 0 Å². The first-order valence-corrected chi connectivity index (χ1v) is 5.36. The molecular weight excluding hydrogens is 206 g/mol. The third-order valence-electron chi connectivity index (χ3n) is 2.42. The van der Waals surface area contributed by atoms with Crippen LogP contribution in [0, 0.1) is 4.91 Å². The molecule has 0 saturated carbocycles. The van der Waals surface area contributed by atoms with Crippen LogP contribution in [0.5, 0.6) is 0 Å². The maximum absolute atomic E-state index is 10.1. The van der Waals surface area contributed by atoms with E-state index < -0.39 is 6.10 Å². The molecule has 1 atom stereocenters. The number of unbranched alkanes of at least 4 members (excludes halogenated alkanes) is 1. The van der Waals surface area contributed by atoms with E-state index in [0.29, 0.717) is 13.0 Å². The maximum Gasteiger partial charge on any atom is 0.0804 e. The minimum absolute atomic E-state index is 0.469. The minimum atomic E-state index is -0.469. The van der Waals surface area contributed by atoms with Gasteiger partial charge >= 0.3 is 0 Å². The molecule has 1 aromatic heterocycles. The Hall–Kier alpha value is -1.49. The SMILES string of the molecule is CN(CCCCC(O)c1cccnc1)N=O. The molecule has 5 nitrogen and oxygen atoms in total. The van der Waals surface area contributed by atoms with Crippen LogP contribution in [-0.2, 0) is 0 Å². The summed E-state index contributed by atoms with van der Waals surface area (Å²) in [6, 6.07) is 3.67. The molecule has 0 aliphatic rings. The minimum Gasteiger partial charge on any atom is -0.388 e. The number of pyridine rings is 1. The Morgan fingerprint density at radius 1 is 1.56 bits per heavy atom. The number of hydrogen-bond acceptors (Lipinski definition) is 4. The van der Waals surface area contributed by atoms with Crippen molar-refractivity contribution in [2.75, 3.05) is 13.6 Å². The first-order chi connectivity index (χ1) is 7.74. The lowest BCUT2D eigenvalue weighted by atomic mass is 10.1. The van der Waals surface area contributed by atoms with E-state index >= 15 is 0 Å². The second-order valence-electron chi connectivity index (χ2n) is 3.76. The molecular formula is C11H17N3O2. The van der Waals surface area contributed by atoms with Gasteiger partial charge in [-0.05, 0) is 30.9 Å². The third kappa shape index (κ3) is 4.35. The van der Waals surface area contributed by atoms with Crippen molar-refractivity contribution >= 4 is 0 Å². The highest BCUT2D eigenvalue weighted by molar-refractivity contribution is 5.11. The zero-order valence-electron chi connectivity index (χ0n) is 9.41. The van der Waals surface area contributed by atoms with Crippen molar-refractivity contribution in [2.45, 2.75) is 25.4 Å². The quantitative estimate of drug-likeness (QED) is 0.435. The van der Waals surface area contributed by atoms with E-state index in [4.69, 9.17) is 0 Å². The predicted molar refractivity (Wildman–Crippen MR) is 61.5 cm³/mol. The molecule has 0 aliphatic heterocycles. The van der Waals surface area contributed by atoms with Crippen LogP contribution in [0.15, 0.2) is 29.8 Å². The molecule has 0 bridgehead atoms. The lowest BCUT2D eigenvalue weighted by Gasteiger charge is -2.11. The van der Waals surface area contributed by atoms with Crippen LogP contribution in [-0.4, -0.2) is 28.7 Å². The van der Waals surface area contributed by atoms with Gasteiger partial charge in [0.15, 0.2) is 0 Å². The highest BCUT2D eigenvalue weighted by atomic mass is 16.3. The van der Waals surface area contributed by atoms with Crippen LogP contribution >= 0.6 is 0 Å². The van der Waals surface area contributed by atoms with Gasteiger partial charge < -0.3 is 5.11 Å². The third-order valence-corrected chi connectivity index (χ3v) is 2.42. The molecule has 0 radical (unpaired) electrons. The monoisotopic (exact) mass is 223 g/mol. The second kappa shape index (κ2) is 6.90. The van der Waals surface area contributed by atoms with E-state index in [-0.39, 0.29) is 0 Å². The largest absolute Gasteiger partial charge is 0.388 e. The zero-order chi connectivity index (χ0) is 11.8. The molecule has 0 saturated heterocycles. The molecule has 5 heteroatoms. The summed E-state index contributed by atoms with van der Waals surface area (Å²) in [5, 5.41) is 13.9. The fourth-order valence-corrected chi connectivity index (χ4v) is 1.46. The average molecular weight is 223 g/mol. The summed E-state index contributed by atoms with van der Waals surface area (Å²) < 4.78 is 0. The first kappa shape index (κ1) is 12.6. The molecule has 16 heavy (non-hydrogen) atoms. The smallest absolute Gasteiger partial charge is 0.0804 e. The van der Waals surface area contributed by atoms with Crippen molar-refractivity contribution in [1.29, 1.82) is 0 Å². The lowest BCUT2D eigenvalue weighted by Crippen LogP contribution is -2.11. The van der Waals surface area contributed by atoms with E-state index in [1.54, 1.807) is 19.4 Å². The highest BCUT2D eigenvalue weighted by Crippen LogP contribution is 2.17. The normalized spacial score (nSPS) is 12.1. The van der Waals surface area contributed by atoms with Gasteiger partial charge in [-0.2, -0.15) is 0 Å². The van der Waals surface area contributed by atoms with Gasteiger partial charge in [-0.1, -0.05) is 6.07 Å². The molecule has 0 aliphatic carbocycles. The summed E-state index contributed by atoms with van der Waals surface area (Å²) in [6.07, 6.45) is 5.27. The Labute approximate surface area is 95.1 Å². The van der Waals surface area contributed by atoms with Crippen molar-refractivity contribution in [3.8, 4) is 0 Å². The molecule has 0 fully saturated rings. The standard InChI is InChI=1S/C11H17N3O2/c1-14(13-16)8-3-2-6-11(15)10-5-4-7-12-9-10/h4-5,7,9,11,15H,2-3,6,8H2,1H3. The van der Waals surface area contributed by atoms with E-state index in [0.717, 1.165) is 18.4 Å². The summed E-state index contributed by atoms with van der Waals surface area (Å²) in [7, 11) is 1.64. The molecule has 1 unspecified atom stereocenters. The Morgan fingerprint density at radius 3 is 3.00 bits per heavy atom. The average Bonchev–Trinajstić information content (AvgIpc) is 2.35. The van der Waals surface area contributed by atoms with E-state index in [9.17, 15) is 10.0 Å². The number of aliphatic hydroxyl groups excluding tert-OH is 1. The fraction of sp³-hybridized carbons (Fsp3) is 0.545. The van der Waals surface area contributed by atoms with Gasteiger partial charge in [-0.3, -0.25) is 9.99 Å². The van der Waals surface area contributed by atoms with Gasteiger partial charge in [0.2, 0.25) is 0 Å². The van der Waals surface area contributed by atoms with Crippen LogP contribution in [0.25, 0.3) is 0 Å². The van der Waals surface area contributed by atoms with Crippen LogP contribution in [0.1, 0.15) is 30.9 Å². The molecule has 1 N–H and O–H groups in total. The Kier molecular flexibility index (Phi) is 5.42. The van der Waals surface area contributed by atoms with Gasteiger partial charge in [0.1, 0.15) is 0 Å². The van der Waals surface area contributed by atoms with Crippen molar-refractivity contribution in [1.82, 2.24) is 9.99 Å². The molecule has 1 heterocycles. The molecule has 1 rings (SSSR count). The van der Waals surface area contributed by atoms with Gasteiger partial charge in [-0.25, -0.2) is 0 Å². The Balaban J connectivity index is 2.21. The van der Waals surface area contributed by atoms with Crippen molar-refractivity contribution in [3.05, 3.63) is 35.0 Å². The summed E-state index contributed by atoms with van der Waals surface area (Å²) in [6.45, 7) is 0.628. The highest BCUT2D eigenvalue weighted by Gasteiger charge is 2.06. The summed E-state index contributed by atoms with van der Waals surface area (Å²) in [4.78, 5) is 14.0. The predicted octanol–water partition coefficient (Wildman–Crippen LogP) is 1.90. The number of nitrogens with zero attached hydrogens (tertiary/aromatic N) is 3. The molecule has 0 amide bonds. The van der Waals surface area contributed by atoms with Crippen LogP contribution in [0.3, 0.4) is 0 Å². The van der Waals surface area contributed by atoms with E-state index in [1.165, 1.54) is 5.01 Å². The van der Waals surface area contributed by atoms with Crippen molar-refractivity contribution < 1.29 is 5.11 Å². The van der Waals surface area contributed by atoms with Crippen LogP contribution in [0.2, 0.25) is 0 Å². The zero-order valence-corrected chi connectivity index (χ0v) is 9.41. The van der Waals surface area contributed by atoms with E-state index in [1.807, 2.05) is 12.1 Å². The molecule has 88 valence electrons. The second-order valence-corrected chi connectivity index (χ2v) is 3.76. The Bertz CT molecular complexity index is 305. The van der Waals surface area contributed by atoms with Crippen molar-refractivity contribution in [3.63, 3.8) is 0 Å². The number of nitroso groups, excluding NO2 is 1. The van der Waals surface area contributed by atoms with Crippen molar-refractivity contribution in [2.24, 2.45) is 5.29 Å². The number of hydrogen-bond donors (Lipinski definition) is 1. The van der Waals surface area contributed by atoms with E-state index in [2.05, 4.69) is 10.3 Å². The number of aliphatic hydroxyl groups is 1. The molecule has 0 spiro atoms. The van der Waals surface area contributed by atoms with Gasteiger partial charge in [-0.15, -0.1) is 4.91 Å². The van der Waals surface area contributed by atoms with Crippen LogP contribution < -0.4 is 0 Å². The summed E-state index contributed by atoms with van der Waals surface area (Å²) in [5.41, 5.74) is 0.837. The van der Waals surface area contributed by atoms with Gasteiger partial charge in [0.05, 0.1) is 11.4 Å². The topological polar surface area (TPSA) is 65.8 Å². The van der Waals surface area contributed by atoms with Gasteiger partial charge in [0.25, 0.3) is 0 Å². The molecule has 1 aromatic rings. The lowest BCUT2D eigenvalue weighted by molar-refractivity contribution is 0.161. The molecule has 0 aromatic carbocycles. The Morgan fingerprint density at radius 2 is 2.38 bits per heavy atom. The number of aromatic nitrogens is 1. The maximum atomic E-state index is 10.1. The summed E-state index contributed by atoms with van der Waals surface area (Å²) >= 11 is 0. The number of rotatable bonds is 7. The fourth-order valence-electron chi connectivity index (χ4n) is 1.46. The first-order valence-electron chi connectivity index (χ1n) is 5.36.